The number of hydrazone groups is 1. The van der Waals surface area contributed by atoms with Crippen LogP contribution in [0, 0.1) is 0 Å². The normalized spacial score (nSPS) is 11.3. The molecule has 4 nitrogen and oxygen atoms in total. The van der Waals surface area contributed by atoms with Gasteiger partial charge >= 0.3 is 0 Å². The molecule has 20 heavy (non-hydrogen) atoms. The first-order valence-electron chi connectivity index (χ1n) is 5.97. The van der Waals surface area contributed by atoms with Crippen molar-refractivity contribution < 1.29 is 0 Å². The maximum Gasteiger partial charge on any atom is 0.167 e. The number of benzene rings is 1. The molecule has 0 aliphatic heterocycles. The van der Waals surface area contributed by atoms with E-state index in [0.717, 1.165) is 25.5 Å². The van der Waals surface area contributed by atoms with E-state index in [4.69, 9.17) is 0 Å². The van der Waals surface area contributed by atoms with E-state index in [1.165, 1.54) is 0 Å². The van der Waals surface area contributed by atoms with Crippen molar-refractivity contribution in [3.05, 3.63) is 51.3 Å². The molecule has 0 bridgehead atoms. The van der Waals surface area contributed by atoms with Crippen molar-refractivity contribution >= 4 is 50.3 Å². The third-order valence-corrected chi connectivity index (χ3v) is 4.28. The van der Waals surface area contributed by atoms with Crippen LogP contribution in [0.3, 0.4) is 0 Å². The molecule has 0 aliphatic carbocycles. The lowest BCUT2D eigenvalue weighted by atomic mass is 10.3. The first-order chi connectivity index (χ1) is 9.72. The molecule has 2 aromatic heterocycles. The molecule has 0 fully saturated rings. The Hall–Kier alpha value is -1.79. The largest absolute Gasteiger partial charge is 0.251 e. The molecule has 3 aromatic rings. The molecule has 0 aliphatic rings. The molecule has 0 amide bonds. The van der Waals surface area contributed by atoms with Crippen molar-refractivity contribution in [1.29, 1.82) is 0 Å². The Balaban J connectivity index is 1.84. The minimum atomic E-state index is 0.718. The summed E-state index contributed by atoms with van der Waals surface area (Å²) < 4.78 is 1.09. The summed E-state index contributed by atoms with van der Waals surface area (Å²) in [5.41, 5.74) is 1.75. The molecule has 0 saturated heterocycles. The van der Waals surface area contributed by atoms with Crippen LogP contribution in [0.25, 0.3) is 11.0 Å². The Labute approximate surface area is 128 Å². The van der Waals surface area contributed by atoms with Gasteiger partial charge in [-0.2, -0.15) is 5.10 Å². The van der Waals surface area contributed by atoms with Gasteiger partial charge in [0.05, 0.1) is 27.2 Å². The summed E-state index contributed by atoms with van der Waals surface area (Å²) in [6, 6.07) is 11.8. The SMILES string of the molecule is CN(/N=C/c1ccc(Br)s1)c1cnc2ccccc2n1. The van der Waals surface area contributed by atoms with Crippen LogP contribution in [0.5, 0.6) is 0 Å². The van der Waals surface area contributed by atoms with Gasteiger partial charge in [0.15, 0.2) is 5.82 Å². The fraction of sp³-hybridized carbons (Fsp3) is 0.0714. The van der Waals surface area contributed by atoms with Crippen LogP contribution in [0.15, 0.2) is 51.5 Å². The topological polar surface area (TPSA) is 41.4 Å². The predicted octanol–water partition coefficient (Wildman–Crippen LogP) is 3.92. The van der Waals surface area contributed by atoms with Crippen LogP contribution >= 0.6 is 27.3 Å². The lowest BCUT2D eigenvalue weighted by Crippen LogP contribution is -2.11. The van der Waals surface area contributed by atoms with Gasteiger partial charge in [0.1, 0.15) is 0 Å². The molecule has 100 valence electrons. The Kier molecular flexibility index (Phi) is 3.75. The van der Waals surface area contributed by atoms with Gasteiger partial charge in [0.25, 0.3) is 0 Å². The summed E-state index contributed by atoms with van der Waals surface area (Å²) in [6.45, 7) is 0. The van der Waals surface area contributed by atoms with Crippen LogP contribution in [-0.2, 0) is 0 Å². The summed E-state index contributed by atoms with van der Waals surface area (Å²) in [7, 11) is 1.86. The molecular formula is C14H11BrN4S. The highest BCUT2D eigenvalue weighted by Gasteiger charge is 2.03. The number of hydrogen-bond donors (Lipinski definition) is 0. The molecule has 0 unspecified atom stereocenters. The average molecular weight is 347 g/mol. The summed E-state index contributed by atoms with van der Waals surface area (Å²) in [6.07, 6.45) is 3.54. The second-order valence-corrected chi connectivity index (χ2v) is 6.62. The van der Waals surface area contributed by atoms with E-state index in [0.29, 0.717) is 0 Å². The molecule has 0 atom stereocenters. The Bertz CT molecular complexity index is 768. The van der Waals surface area contributed by atoms with Crippen molar-refractivity contribution in [3.63, 3.8) is 0 Å². The van der Waals surface area contributed by atoms with Crippen molar-refractivity contribution in [2.75, 3.05) is 12.1 Å². The summed E-state index contributed by atoms with van der Waals surface area (Å²) >= 11 is 5.06. The van der Waals surface area contributed by atoms with Crippen molar-refractivity contribution in [1.82, 2.24) is 9.97 Å². The van der Waals surface area contributed by atoms with Gasteiger partial charge in [-0.15, -0.1) is 11.3 Å². The van der Waals surface area contributed by atoms with Crippen molar-refractivity contribution in [2.45, 2.75) is 0 Å². The Morgan fingerprint density at radius 2 is 2.00 bits per heavy atom. The van der Waals surface area contributed by atoms with E-state index in [-0.39, 0.29) is 0 Å². The highest BCUT2D eigenvalue weighted by atomic mass is 79.9. The Morgan fingerprint density at radius 3 is 2.75 bits per heavy atom. The minimum Gasteiger partial charge on any atom is -0.251 e. The standard InChI is InChI=1S/C14H11BrN4S/c1-19(17-8-10-6-7-13(15)20-10)14-9-16-11-4-2-3-5-12(11)18-14/h2-9H,1H3/b17-8+. The van der Waals surface area contributed by atoms with Crippen LogP contribution in [0.2, 0.25) is 0 Å². The third-order valence-electron chi connectivity index (χ3n) is 2.72. The molecule has 0 radical (unpaired) electrons. The van der Waals surface area contributed by atoms with Crippen molar-refractivity contribution in [3.8, 4) is 0 Å². The molecule has 3 rings (SSSR count). The van der Waals surface area contributed by atoms with Gasteiger partial charge in [-0.05, 0) is 40.2 Å². The first kappa shape index (κ1) is 13.2. The number of thiophene rings is 1. The minimum absolute atomic E-state index is 0.718. The van der Waals surface area contributed by atoms with Crippen LogP contribution in [0.1, 0.15) is 4.88 Å². The number of rotatable bonds is 3. The van der Waals surface area contributed by atoms with E-state index in [2.05, 4.69) is 31.0 Å². The Morgan fingerprint density at radius 1 is 1.20 bits per heavy atom. The zero-order valence-corrected chi connectivity index (χ0v) is 13.1. The number of aromatic nitrogens is 2. The zero-order chi connectivity index (χ0) is 13.9. The molecule has 0 N–H and O–H groups in total. The molecule has 2 heterocycles. The highest BCUT2D eigenvalue weighted by Crippen LogP contribution is 2.21. The van der Waals surface area contributed by atoms with E-state index in [9.17, 15) is 0 Å². The number of para-hydroxylation sites is 2. The summed E-state index contributed by atoms with van der Waals surface area (Å²) in [5.74, 6) is 0.718. The highest BCUT2D eigenvalue weighted by molar-refractivity contribution is 9.11. The van der Waals surface area contributed by atoms with Crippen LogP contribution < -0.4 is 5.01 Å². The third kappa shape index (κ3) is 2.86. The molecular weight excluding hydrogens is 336 g/mol. The smallest absolute Gasteiger partial charge is 0.167 e. The lowest BCUT2D eigenvalue weighted by molar-refractivity contribution is 0.982. The quantitative estimate of drug-likeness (QED) is 0.533. The van der Waals surface area contributed by atoms with Gasteiger partial charge in [-0.25, -0.2) is 9.99 Å². The number of fused-ring (bicyclic) bond motifs is 1. The van der Waals surface area contributed by atoms with Crippen molar-refractivity contribution in [2.24, 2.45) is 5.10 Å². The van der Waals surface area contributed by atoms with E-state index in [1.807, 2.05) is 49.7 Å². The summed E-state index contributed by atoms with van der Waals surface area (Å²) in [5, 5.41) is 6.10. The number of nitrogens with zero attached hydrogens (tertiary/aromatic N) is 4. The van der Waals surface area contributed by atoms with E-state index in [1.54, 1.807) is 22.5 Å². The van der Waals surface area contributed by atoms with Crippen LogP contribution in [-0.4, -0.2) is 23.2 Å². The van der Waals surface area contributed by atoms with Gasteiger partial charge in [0, 0.05) is 11.9 Å². The number of halogens is 1. The average Bonchev–Trinajstić information content (AvgIpc) is 2.90. The molecule has 1 aromatic carbocycles. The van der Waals surface area contributed by atoms with Crippen LogP contribution in [0.4, 0.5) is 5.82 Å². The second-order valence-electron chi connectivity index (χ2n) is 4.13. The second kappa shape index (κ2) is 5.68. The van der Waals surface area contributed by atoms with E-state index >= 15 is 0 Å². The maximum absolute atomic E-state index is 4.54. The van der Waals surface area contributed by atoms with Gasteiger partial charge in [-0.3, -0.25) is 4.98 Å². The number of hydrogen-bond acceptors (Lipinski definition) is 5. The van der Waals surface area contributed by atoms with Gasteiger partial charge in [0.2, 0.25) is 0 Å². The fourth-order valence-corrected chi connectivity index (χ4v) is 2.99. The first-order valence-corrected chi connectivity index (χ1v) is 7.58. The molecule has 0 saturated carbocycles. The molecule has 6 heteroatoms. The predicted molar refractivity (Wildman–Crippen MR) is 87.6 cm³/mol. The lowest BCUT2D eigenvalue weighted by Gasteiger charge is -2.11. The van der Waals surface area contributed by atoms with Gasteiger partial charge < -0.3 is 0 Å². The molecule has 0 spiro atoms. The monoisotopic (exact) mass is 346 g/mol. The zero-order valence-electron chi connectivity index (χ0n) is 10.7. The fourth-order valence-electron chi connectivity index (χ4n) is 1.70. The maximum atomic E-state index is 4.54. The summed E-state index contributed by atoms with van der Waals surface area (Å²) in [4.78, 5) is 10.00. The number of anilines is 1. The van der Waals surface area contributed by atoms with E-state index < -0.39 is 0 Å². The van der Waals surface area contributed by atoms with Gasteiger partial charge in [-0.1, -0.05) is 12.1 Å².